The molecule has 3 heterocycles. The number of benzene rings is 7. The molecular formula is C45H29N3O. The van der Waals surface area contributed by atoms with Crippen LogP contribution < -0.4 is 4.90 Å². The molecule has 0 aliphatic heterocycles. The van der Waals surface area contributed by atoms with Gasteiger partial charge in [0.25, 0.3) is 0 Å². The van der Waals surface area contributed by atoms with Gasteiger partial charge in [-0.25, -0.2) is 0 Å². The van der Waals surface area contributed by atoms with Crippen molar-refractivity contribution in [3.05, 3.63) is 176 Å². The van der Waals surface area contributed by atoms with E-state index in [1.54, 1.807) is 0 Å². The van der Waals surface area contributed by atoms with Crippen molar-refractivity contribution in [2.24, 2.45) is 0 Å². The SMILES string of the molecule is c1ccc(-c2ccc(N(c3ccc4c(c3)oc3cc5cccnc5cc34)c3ccc4c5ccccc5n(-c5ccccc5)c4c3)cc2)cc1. The standard InChI is InChI=1S/C45H29N3O/c1-3-10-30(11-4-1)31-17-19-34(20-18-31)47(36-22-24-39-40-29-41-32(12-9-25-46-41)26-44(40)49-45(39)28-36)35-21-23-38-37-15-7-8-16-42(37)48(43(38)27-35)33-13-5-2-6-14-33/h1-29H. The first kappa shape index (κ1) is 27.5. The fourth-order valence-electron chi connectivity index (χ4n) is 7.30. The van der Waals surface area contributed by atoms with E-state index in [-0.39, 0.29) is 0 Å². The molecule has 7 aromatic carbocycles. The summed E-state index contributed by atoms with van der Waals surface area (Å²) in [6.07, 6.45) is 1.84. The number of hydrogen-bond acceptors (Lipinski definition) is 3. The van der Waals surface area contributed by atoms with Crippen molar-refractivity contribution in [3.63, 3.8) is 0 Å². The lowest BCUT2D eigenvalue weighted by atomic mass is 10.0. The number of nitrogens with zero attached hydrogens (tertiary/aromatic N) is 3. The summed E-state index contributed by atoms with van der Waals surface area (Å²) in [5.74, 6) is 0. The summed E-state index contributed by atoms with van der Waals surface area (Å²) in [5, 5.41) is 5.66. The normalized spacial score (nSPS) is 11.7. The molecule has 230 valence electrons. The van der Waals surface area contributed by atoms with Crippen molar-refractivity contribution in [1.29, 1.82) is 0 Å². The summed E-state index contributed by atoms with van der Waals surface area (Å²) in [6.45, 7) is 0. The molecule has 49 heavy (non-hydrogen) atoms. The van der Waals surface area contributed by atoms with E-state index in [4.69, 9.17) is 4.42 Å². The predicted molar refractivity (Wildman–Crippen MR) is 203 cm³/mol. The van der Waals surface area contributed by atoms with Gasteiger partial charge in [-0.05, 0) is 83.9 Å². The van der Waals surface area contributed by atoms with Crippen LogP contribution in [0.4, 0.5) is 17.1 Å². The molecule has 0 radical (unpaired) electrons. The van der Waals surface area contributed by atoms with Crippen LogP contribution in [0, 0.1) is 0 Å². The number of rotatable bonds is 5. The lowest BCUT2D eigenvalue weighted by Crippen LogP contribution is -2.10. The molecular weight excluding hydrogens is 599 g/mol. The van der Waals surface area contributed by atoms with Gasteiger partial charge in [-0.3, -0.25) is 4.98 Å². The number of pyridine rings is 1. The molecule has 0 atom stereocenters. The molecule has 4 heteroatoms. The number of anilines is 3. The second-order valence-corrected chi connectivity index (χ2v) is 12.5. The van der Waals surface area contributed by atoms with Gasteiger partial charge in [-0.2, -0.15) is 0 Å². The molecule has 10 aromatic rings. The summed E-state index contributed by atoms with van der Waals surface area (Å²) in [5.41, 5.74) is 11.6. The maximum atomic E-state index is 6.53. The summed E-state index contributed by atoms with van der Waals surface area (Å²) in [4.78, 5) is 6.91. The van der Waals surface area contributed by atoms with E-state index < -0.39 is 0 Å². The average Bonchev–Trinajstić information content (AvgIpc) is 3.69. The summed E-state index contributed by atoms with van der Waals surface area (Å²) in [7, 11) is 0. The van der Waals surface area contributed by atoms with Crippen LogP contribution in [-0.4, -0.2) is 9.55 Å². The molecule has 0 saturated carbocycles. The minimum absolute atomic E-state index is 0.841. The van der Waals surface area contributed by atoms with Crippen LogP contribution in [0.15, 0.2) is 180 Å². The van der Waals surface area contributed by atoms with Crippen LogP contribution >= 0.6 is 0 Å². The van der Waals surface area contributed by atoms with Crippen molar-refractivity contribution in [2.45, 2.75) is 0 Å². The smallest absolute Gasteiger partial charge is 0.137 e. The minimum atomic E-state index is 0.841. The molecule has 10 rings (SSSR count). The first-order valence-electron chi connectivity index (χ1n) is 16.5. The summed E-state index contributed by atoms with van der Waals surface area (Å²) < 4.78 is 8.90. The van der Waals surface area contributed by atoms with Gasteiger partial charge in [0.1, 0.15) is 11.2 Å². The van der Waals surface area contributed by atoms with E-state index in [0.29, 0.717) is 0 Å². The molecule has 0 amide bonds. The molecule has 0 aliphatic carbocycles. The lowest BCUT2D eigenvalue weighted by Gasteiger charge is -2.26. The lowest BCUT2D eigenvalue weighted by molar-refractivity contribution is 0.669. The van der Waals surface area contributed by atoms with Crippen LogP contribution in [0.1, 0.15) is 0 Å². The topological polar surface area (TPSA) is 34.2 Å². The molecule has 0 bridgehead atoms. The molecule has 4 nitrogen and oxygen atoms in total. The van der Waals surface area contributed by atoms with E-state index in [0.717, 1.165) is 61.1 Å². The second kappa shape index (κ2) is 11.0. The number of para-hydroxylation sites is 2. The molecule has 0 fully saturated rings. The highest BCUT2D eigenvalue weighted by atomic mass is 16.3. The van der Waals surface area contributed by atoms with Crippen LogP contribution in [0.3, 0.4) is 0 Å². The van der Waals surface area contributed by atoms with Crippen molar-refractivity contribution in [1.82, 2.24) is 9.55 Å². The van der Waals surface area contributed by atoms with Crippen molar-refractivity contribution in [3.8, 4) is 16.8 Å². The van der Waals surface area contributed by atoms with Crippen LogP contribution in [0.5, 0.6) is 0 Å². The third-order valence-electron chi connectivity index (χ3n) is 9.60. The summed E-state index contributed by atoms with van der Waals surface area (Å²) >= 11 is 0. The van der Waals surface area contributed by atoms with Gasteiger partial charge in [0, 0.05) is 61.9 Å². The van der Waals surface area contributed by atoms with Crippen LogP contribution in [-0.2, 0) is 0 Å². The van der Waals surface area contributed by atoms with E-state index in [1.165, 1.54) is 27.4 Å². The first-order valence-corrected chi connectivity index (χ1v) is 16.5. The van der Waals surface area contributed by atoms with Gasteiger partial charge >= 0.3 is 0 Å². The molecule has 0 aliphatic rings. The predicted octanol–water partition coefficient (Wildman–Crippen LogP) is 12.4. The van der Waals surface area contributed by atoms with Gasteiger partial charge < -0.3 is 13.9 Å². The number of aromatic nitrogens is 2. The van der Waals surface area contributed by atoms with Crippen molar-refractivity contribution >= 4 is 71.7 Å². The van der Waals surface area contributed by atoms with E-state index >= 15 is 0 Å². The molecule has 0 N–H and O–H groups in total. The minimum Gasteiger partial charge on any atom is -0.456 e. The Morgan fingerprint density at radius 3 is 1.94 bits per heavy atom. The maximum Gasteiger partial charge on any atom is 0.137 e. The van der Waals surface area contributed by atoms with E-state index in [1.807, 2.05) is 12.3 Å². The fraction of sp³-hybridized carbons (Fsp3) is 0. The van der Waals surface area contributed by atoms with E-state index in [9.17, 15) is 0 Å². The Hall–Kier alpha value is -6.65. The highest BCUT2D eigenvalue weighted by Crippen LogP contribution is 2.42. The Morgan fingerprint density at radius 2 is 1.10 bits per heavy atom. The fourth-order valence-corrected chi connectivity index (χ4v) is 7.30. The van der Waals surface area contributed by atoms with Gasteiger partial charge in [0.2, 0.25) is 0 Å². The van der Waals surface area contributed by atoms with E-state index in [2.05, 4.69) is 178 Å². The number of furan rings is 1. The molecule has 3 aromatic heterocycles. The van der Waals surface area contributed by atoms with Crippen LogP contribution in [0.2, 0.25) is 0 Å². The molecule has 0 unspecified atom stereocenters. The maximum absolute atomic E-state index is 6.53. The van der Waals surface area contributed by atoms with Crippen molar-refractivity contribution < 1.29 is 4.42 Å². The quantitative estimate of drug-likeness (QED) is 0.190. The first-order chi connectivity index (χ1) is 24.3. The monoisotopic (exact) mass is 627 g/mol. The van der Waals surface area contributed by atoms with Crippen molar-refractivity contribution in [2.75, 3.05) is 4.90 Å². The highest BCUT2D eigenvalue weighted by molar-refractivity contribution is 6.12. The Kier molecular flexibility index (Phi) is 6.15. The zero-order valence-electron chi connectivity index (χ0n) is 26.5. The average molecular weight is 628 g/mol. The number of hydrogen-bond donors (Lipinski definition) is 0. The summed E-state index contributed by atoms with van der Waals surface area (Å²) in [6, 6.07) is 60.2. The third-order valence-corrected chi connectivity index (χ3v) is 9.60. The second-order valence-electron chi connectivity index (χ2n) is 12.5. The Balaban J connectivity index is 1.19. The van der Waals surface area contributed by atoms with Gasteiger partial charge in [-0.1, -0.05) is 91.0 Å². The largest absolute Gasteiger partial charge is 0.456 e. The van der Waals surface area contributed by atoms with Gasteiger partial charge in [-0.15, -0.1) is 0 Å². The zero-order valence-corrected chi connectivity index (χ0v) is 26.5. The zero-order chi connectivity index (χ0) is 32.3. The van der Waals surface area contributed by atoms with Gasteiger partial charge in [0.15, 0.2) is 0 Å². The Bertz CT molecular complexity index is 2820. The van der Waals surface area contributed by atoms with Gasteiger partial charge in [0.05, 0.1) is 16.6 Å². The Labute approximate surface area is 282 Å². The molecule has 0 saturated heterocycles. The number of fused-ring (bicyclic) bond motifs is 7. The van der Waals surface area contributed by atoms with Crippen LogP contribution in [0.25, 0.3) is 71.5 Å². The molecule has 0 spiro atoms. The Morgan fingerprint density at radius 1 is 0.449 bits per heavy atom. The highest BCUT2D eigenvalue weighted by Gasteiger charge is 2.19. The third kappa shape index (κ3) is 4.49.